The van der Waals surface area contributed by atoms with Gasteiger partial charge in [0.15, 0.2) is 0 Å². The first-order valence-electron chi connectivity index (χ1n) is 5.51. The molecule has 0 heterocycles. The zero-order chi connectivity index (χ0) is 9.90. The number of hydrogen-bond donors (Lipinski definition) is 2. The number of aliphatic hydroxyl groups excluding tert-OH is 1. The SMILES string of the molecule is CCC(C)(C)NC1CCCCC1O. The Bertz CT molecular complexity index is 156. The fourth-order valence-electron chi connectivity index (χ4n) is 1.88. The van der Waals surface area contributed by atoms with Crippen LogP contribution in [0.5, 0.6) is 0 Å². The predicted molar refractivity (Wildman–Crippen MR) is 55.8 cm³/mol. The minimum Gasteiger partial charge on any atom is -0.392 e. The molecule has 1 aliphatic rings. The van der Waals surface area contributed by atoms with Crippen LogP contribution in [0.1, 0.15) is 52.9 Å². The minimum absolute atomic E-state index is 0.125. The van der Waals surface area contributed by atoms with E-state index in [1.54, 1.807) is 0 Å². The Morgan fingerprint density at radius 3 is 2.46 bits per heavy atom. The zero-order valence-corrected chi connectivity index (χ0v) is 9.14. The van der Waals surface area contributed by atoms with Crippen LogP contribution in [0.25, 0.3) is 0 Å². The van der Waals surface area contributed by atoms with Gasteiger partial charge in [0.25, 0.3) is 0 Å². The van der Waals surface area contributed by atoms with E-state index in [0.717, 1.165) is 19.3 Å². The highest BCUT2D eigenvalue weighted by Crippen LogP contribution is 2.21. The van der Waals surface area contributed by atoms with Gasteiger partial charge in [0.05, 0.1) is 6.10 Å². The van der Waals surface area contributed by atoms with E-state index < -0.39 is 0 Å². The van der Waals surface area contributed by atoms with Gasteiger partial charge in [0, 0.05) is 11.6 Å². The van der Waals surface area contributed by atoms with Crippen molar-refractivity contribution in [2.75, 3.05) is 0 Å². The zero-order valence-electron chi connectivity index (χ0n) is 9.14. The van der Waals surface area contributed by atoms with Crippen molar-refractivity contribution < 1.29 is 5.11 Å². The summed E-state index contributed by atoms with van der Waals surface area (Å²) in [5.74, 6) is 0. The van der Waals surface area contributed by atoms with Gasteiger partial charge in [0.1, 0.15) is 0 Å². The predicted octanol–water partition coefficient (Wildman–Crippen LogP) is 2.07. The molecule has 1 fully saturated rings. The van der Waals surface area contributed by atoms with Crippen LogP contribution >= 0.6 is 0 Å². The molecule has 0 saturated heterocycles. The molecule has 0 spiro atoms. The summed E-state index contributed by atoms with van der Waals surface area (Å²) in [6.45, 7) is 6.59. The lowest BCUT2D eigenvalue weighted by Crippen LogP contribution is -2.51. The van der Waals surface area contributed by atoms with Crippen molar-refractivity contribution in [1.82, 2.24) is 5.32 Å². The number of hydrogen-bond acceptors (Lipinski definition) is 2. The Hall–Kier alpha value is -0.0800. The fraction of sp³-hybridized carbons (Fsp3) is 1.00. The van der Waals surface area contributed by atoms with E-state index in [9.17, 15) is 5.11 Å². The van der Waals surface area contributed by atoms with E-state index in [2.05, 4.69) is 26.1 Å². The van der Waals surface area contributed by atoms with Crippen LogP contribution < -0.4 is 5.32 Å². The molecule has 0 aromatic carbocycles. The smallest absolute Gasteiger partial charge is 0.0693 e. The van der Waals surface area contributed by atoms with E-state index in [4.69, 9.17) is 0 Å². The quantitative estimate of drug-likeness (QED) is 0.705. The molecule has 2 N–H and O–H groups in total. The van der Waals surface area contributed by atoms with Crippen LogP contribution in [0.3, 0.4) is 0 Å². The average Bonchev–Trinajstić information content (AvgIpc) is 2.09. The minimum atomic E-state index is -0.125. The lowest BCUT2D eigenvalue weighted by atomic mass is 9.89. The lowest BCUT2D eigenvalue weighted by Gasteiger charge is -2.36. The van der Waals surface area contributed by atoms with Crippen molar-refractivity contribution in [1.29, 1.82) is 0 Å². The van der Waals surface area contributed by atoms with Gasteiger partial charge in [-0.15, -0.1) is 0 Å². The van der Waals surface area contributed by atoms with E-state index in [1.807, 2.05) is 0 Å². The van der Waals surface area contributed by atoms with Crippen LogP contribution in [-0.4, -0.2) is 22.8 Å². The molecule has 1 saturated carbocycles. The molecule has 1 rings (SSSR count). The van der Waals surface area contributed by atoms with Gasteiger partial charge in [-0.1, -0.05) is 19.8 Å². The Morgan fingerprint density at radius 2 is 1.92 bits per heavy atom. The normalized spacial score (nSPS) is 30.5. The van der Waals surface area contributed by atoms with Gasteiger partial charge in [-0.3, -0.25) is 0 Å². The Balaban J connectivity index is 2.42. The third-order valence-corrected chi connectivity index (χ3v) is 3.19. The van der Waals surface area contributed by atoms with Gasteiger partial charge >= 0.3 is 0 Å². The second kappa shape index (κ2) is 4.43. The van der Waals surface area contributed by atoms with E-state index in [1.165, 1.54) is 12.8 Å². The van der Waals surface area contributed by atoms with E-state index >= 15 is 0 Å². The van der Waals surface area contributed by atoms with Crippen molar-refractivity contribution in [3.63, 3.8) is 0 Å². The summed E-state index contributed by atoms with van der Waals surface area (Å²) in [4.78, 5) is 0. The molecule has 0 amide bonds. The maximum absolute atomic E-state index is 9.77. The summed E-state index contributed by atoms with van der Waals surface area (Å²) < 4.78 is 0. The summed E-state index contributed by atoms with van der Waals surface area (Å²) in [6, 6.07) is 0.323. The summed E-state index contributed by atoms with van der Waals surface area (Å²) >= 11 is 0. The molecule has 1 aliphatic carbocycles. The molecule has 0 aromatic rings. The topological polar surface area (TPSA) is 32.3 Å². The molecule has 0 aliphatic heterocycles. The maximum Gasteiger partial charge on any atom is 0.0693 e. The van der Waals surface area contributed by atoms with Crippen LogP contribution in [0.4, 0.5) is 0 Å². The average molecular weight is 185 g/mol. The fourth-order valence-corrected chi connectivity index (χ4v) is 1.88. The van der Waals surface area contributed by atoms with Crippen molar-refractivity contribution in [3.8, 4) is 0 Å². The highest BCUT2D eigenvalue weighted by molar-refractivity contribution is 4.87. The standard InChI is InChI=1S/C11H23NO/c1-4-11(2,3)12-9-7-5-6-8-10(9)13/h9-10,12-13H,4-8H2,1-3H3. The third kappa shape index (κ3) is 3.28. The molecule has 13 heavy (non-hydrogen) atoms. The Morgan fingerprint density at radius 1 is 1.31 bits per heavy atom. The van der Waals surface area contributed by atoms with Crippen LogP contribution in [0, 0.1) is 0 Å². The number of nitrogens with one attached hydrogen (secondary N) is 1. The number of aliphatic hydroxyl groups is 1. The first-order valence-corrected chi connectivity index (χ1v) is 5.51. The monoisotopic (exact) mass is 185 g/mol. The molecule has 2 unspecified atom stereocenters. The highest BCUT2D eigenvalue weighted by atomic mass is 16.3. The van der Waals surface area contributed by atoms with Gasteiger partial charge < -0.3 is 10.4 Å². The molecule has 0 aromatic heterocycles. The van der Waals surface area contributed by atoms with E-state index in [-0.39, 0.29) is 11.6 Å². The Labute approximate surface area is 81.7 Å². The summed E-state index contributed by atoms with van der Waals surface area (Å²) in [5.41, 5.74) is 0.170. The van der Waals surface area contributed by atoms with Gasteiger partial charge in [-0.25, -0.2) is 0 Å². The number of rotatable bonds is 3. The molecule has 2 atom stereocenters. The molecule has 78 valence electrons. The second-order valence-corrected chi connectivity index (χ2v) is 4.84. The van der Waals surface area contributed by atoms with Crippen molar-refractivity contribution in [2.24, 2.45) is 0 Å². The van der Waals surface area contributed by atoms with Crippen molar-refractivity contribution >= 4 is 0 Å². The lowest BCUT2D eigenvalue weighted by molar-refractivity contribution is 0.0752. The third-order valence-electron chi connectivity index (χ3n) is 3.19. The summed E-state index contributed by atoms with van der Waals surface area (Å²) in [6.07, 6.45) is 5.53. The van der Waals surface area contributed by atoms with Gasteiger partial charge in [-0.05, 0) is 33.1 Å². The van der Waals surface area contributed by atoms with Crippen LogP contribution in [-0.2, 0) is 0 Å². The van der Waals surface area contributed by atoms with Crippen molar-refractivity contribution in [3.05, 3.63) is 0 Å². The van der Waals surface area contributed by atoms with Gasteiger partial charge in [0.2, 0.25) is 0 Å². The highest BCUT2D eigenvalue weighted by Gasteiger charge is 2.27. The second-order valence-electron chi connectivity index (χ2n) is 4.84. The molecule has 0 bridgehead atoms. The van der Waals surface area contributed by atoms with E-state index in [0.29, 0.717) is 6.04 Å². The summed E-state index contributed by atoms with van der Waals surface area (Å²) in [5, 5.41) is 13.3. The molecular weight excluding hydrogens is 162 g/mol. The largest absolute Gasteiger partial charge is 0.392 e. The molecule has 2 heteroatoms. The van der Waals surface area contributed by atoms with Gasteiger partial charge in [-0.2, -0.15) is 0 Å². The molecule has 0 radical (unpaired) electrons. The Kier molecular flexibility index (Phi) is 3.74. The summed E-state index contributed by atoms with van der Waals surface area (Å²) in [7, 11) is 0. The van der Waals surface area contributed by atoms with Crippen molar-refractivity contribution in [2.45, 2.75) is 70.6 Å². The molecular formula is C11H23NO. The maximum atomic E-state index is 9.77. The van der Waals surface area contributed by atoms with Crippen LogP contribution in [0.15, 0.2) is 0 Å². The molecule has 2 nitrogen and oxygen atoms in total. The first kappa shape index (κ1) is 11.0. The van der Waals surface area contributed by atoms with Crippen LogP contribution in [0.2, 0.25) is 0 Å². The first-order chi connectivity index (χ1) is 6.05.